The van der Waals surface area contributed by atoms with Gasteiger partial charge in [0, 0.05) is 30.4 Å². The average Bonchev–Trinajstić information content (AvgIpc) is 3.48. The van der Waals surface area contributed by atoms with Crippen molar-refractivity contribution in [2.45, 2.75) is 32.2 Å². The maximum atomic E-state index is 12.7. The Kier molecular flexibility index (Phi) is 6.06. The number of carbonyl (C=O) groups is 3. The van der Waals surface area contributed by atoms with Gasteiger partial charge in [0.05, 0.1) is 18.2 Å². The molecule has 4 amide bonds. The van der Waals surface area contributed by atoms with Gasteiger partial charge in [-0.3, -0.25) is 9.59 Å². The lowest BCUT2D eigenvalue weighted by atomic mass is 10.1. The zero-order chi connectivity index (χ0) is 21.8. The molecular weight excluding hydrogens is 396 g/mol. The molecule has 162 valence electrons. The SMILES string of the molecule is CCOc1ccccc1N1CC(C(=O)Nc2ccc(NC(=O)NC3CC3)cc2)CC1=O. The van der Waals surface area contributed by atoms with Gasteiger partial charge in [-0.1, -0.05) is 12.1 Å². The number of rotatable bonds is 7. The molecule has 1 heterocycles. The Morgan fingerprint density at radius 3 is 2.39 bits per heavy atom. The number of hydrogen-bond acceptors (Lipinski definition) is 4. The molecule has 1 aliphatic heterocycles. The van der Waals surface area contributed by atoms with Crippen molar-refractivity contribution in [1.29, 1.82) is 0 Å². The summed E-state index contributed by atoms with van der Waals surface area (Å²) >= 11 is 0. The predicted octanol–water partition coefficient (Wildman–Crippen LogP) is 3.36. The first-order chi connectivity index (χ1) is 15.0. The Morgan fingerprint density at radius 2 is 1.71 bits per heavy atom. The van der Waals surface area contributed by atoms with Crippen LogP contribution in [0.25, 0.3) is 0 Å². The van der Waals surface area contributed by atoms with Gasteiger partial charge >= 0.3 is 6.03 Å². The molecule has 4 rings (SSSR count). The maximum absolute atomic E-state index is 12.7. The van der Waals surface area contributed by atoms with Crippen LogP contribution in [0, 0.1) is 5.92 Å². The van der Waals surface area contributed by atoms with Crippen LogP contribution in [0.15, 0.2) is 48.5 Å². The van der Waals surface area contributed by atoms with Crippen molar-refractivity contribution in [2.24, 2.45) is 5.92 Å². The summed E-state index contributed by atoms with van der Waals surface area (Å²) < 4.78 is 5.62. The fourth-order valence-electron chi connectivity index (χ4n) is 3.54. The number of benzene rings is 2. The highest BCUT2D eigenvalue weighted by Crippen LogP contribution is 2.33. The van der Waals surface area contributed by atoms with E-state index in [1.807, 2.05) is 31.2 Å². The minimum Gasteiger partial charge on any atom is -0.492 e. The fraction of sp³-hybridized carbons (Fsp3) is 0.348. The molecule has 0 bridgehead atoms. The summed E-state index contributed by atoms with van der Waals surface area (Å²) in [6.07, 6.45) is 2.20. The highest BCUT2D eigenvalue weighted by atomic mass is 16.5. The van der Waals surface area contributed by atoms with E-state index in [1.165, 1.54) is 0 Å². The number of amides is 4. The van der Waals surface area contributed by atoms with E-state index in [-0.39, 0.29) is 30.3 Å². The monoisotopic (exact) mass is 422 g/mol. The molecule has 8 heteroatoms. The molecule has 1 aliphatic carbocycles. The number of hydrogen-bond donors (Lipinski definition) is 3. The summed E-state index contributed by atoms with van der Waals surface area (Å²) in [5.74, 6) is -0.136. The van der Waals surface area contributed by atoms with Crippen LogP contribution in [0.5, 0.6) is 5.75 Å². The van der Waals surface area contributed by atoms with Gasteiger partial charge in [0.2, 0.25) is 11.8 Å². The first-order valence-electron chi connectivity index (χ1n) is 10.5. The average molecular weight is 422 g/mol. The van der Waals surface area contributed by atoms with Crippen LogP contribution < -0.4 is 25.6 Å². The summed E-state index contributed by atoms with van der Waals surface area (Å²) in [5, 5.41) is 8.48. The summed E-state index contributed by atoms with van der Waals surface area (Å²) in [6, 6.07) is 14.3. The Bertz CT molecular complexity index is 972. The van der Waals surface area contributed by atoms with Crippen LogP contribution >= 0.6 is 0 Å². The zero-order valence-corrected chi connectivity index (χ0v) is 17.4. The standard InChI is InChI=1S/C23H26N4O4/c1-2-31-20-6-4-3-5-19(20)27-14-15(13-21(27)28)22(29)24-16-7-9-17(10-8-16)25-23(30)26-18-11-12-18/h3-10,15,18H,2,11-14H2,1H3,(H,24,29)(H2,25,26,30). The number of para-hydroxylation sites is 2. The van der Waals surface area contributed by atoms with Crippen LogP contribution in [-0.4, -0.2) is 37.0 Å². The largest absolute Gasteiger partial charge is 0.492 e. The molecule has 1 saturated heterocycles. The summed E-state index contributed by atoms with van der Waals surface area (Å²) in [5.41, 5.74) is 1.94. The predicted molar refractivity (Wildman–Crippen MR) is 118 cm³/mol. The van der Waals surface area contributed by atoms with E-state index in [4.69, 9.17) is 4.74 Å². The van der Waals surface area contributed by atoms with E-state index >= 15 is 0 Å². The first-order valence-corrected chi connectivity index (χ1v) is 10.5. The third kappa shape index (κ3) is 5.14. The van der Waals surface area contributed by atoms with Gasteiger partial charge in [-0.15, -0.1) is 0 Å². The van der Waals surface area contributed by atoms with Crippen molar-refractivity contribution >= 4 is 34.9 Å². The zero-order valence-electron chi connectivity index (χ0n) is 17.4. The van der Waals surface area contributed by atoms with Gasteiger partial charge in [-0.2, -0.15) is 0 Å². The van der Waals surface area contributed by atoms with Crippen LogP contribution in [-0.2, 0) is 9.59 Å². The van der Waals surface area contributed by atoms with E-state index < -0.39 is 5.92 Å². The summed E-state index contributed by atoms with van der Waals surface area (Å²) in [6.45, 7) is 2.69. The normalized spacial score (nSPS) is 17.9. The van der Waals surface area contributed by atoms with Crippen LogP contribution in [0.2, 0.25) is 0 Å². The van der Waals surface area contributed by atoms with Crippen LogP contribution in [0.3, 0.4) is 0 Å². The van der Waals surface area contributed by atoms with Gasteiger partial charge in [0.15, 0.2) is 0 Å². The second-order valence-electron chi connectivity index (χ2n) is 7.75. The van der Waals surface area contributed by atoms with Gasteiger partial charge in [-0.25, -0.2) is 4.79 Å². The molecule has 2 fully saturated rings. The minimum absolute atomic E-state index is 0.103. The number of nitrogens with one attached hydrogen (secondary N) is 3. The Hall–Kier alpha value is -3.55. The molecule has 0 radical (unpaired) electrons. The number of urea groups is 1. The molecule has 3 N–H and O–H groups in total. The van der Waals surface area contributed by atoms with Crippen LogP contribution in [0.1, 0.15) is 26.2 Å². The van der Waals surface area contributed by atoms with Crippen molar-refractivity contribution in [3.63, 3.8) is 0 Å². The summed E-state index contributed by atoms with van der Waals surface area (Å²) in [7, 11) is 0. The molecule has 2 aliphatic rings. The number of anilines is 3. The first kappa shape index (κ1) is 20.7. The van der Waals surface area contributed by atoms with Gasteiger partial charge in [0.1, 0.15) is 5.75 Å². The lowest BCUT2D eigenvalue weighted by Crippen LogP contribution is -2.30. The van der Waals surface area contributed by atoms with E-state index in [0.29, 0.717) is 36.0 Å². The Morgan fingerprint density at radius 1 is 1.03 bits per heavy atom. The number of nitrogens with zero attached hydrogens (tertiary/aromatic N) is 1. The molecule has 2 aromatic carbocycles. The molecule has 31 heavy (non-hydrogen) atoms. The molecule has 0 spiro atoms. The van der Waals surface area contributed by atoms with Gasteiger partial charge in [0.25, 0.3) is 0 Å². The van der Waals surface area contributed by atoms with Crippen molar-refractivity contribution in [2.75, 3.05) is 28.7 Å². The topological polar surface area (TPSA) is 99.8 Å². The van der Waals surface area contributed by atoms with Gasteiger partial charge < -0.3 is 25.6 Å². The van der Waals surface area contributed by atoms with Crippen LogP contribution in [0.4, 0.5) is 21.9 Å². The summed E-state index contributed by atoms with van der Waals surface area (Å²) in [4.78, 5) is 38.7. The third-order valence-corrected chi connectivity index (χ3v) is 5.27. The minimum atomic E-state index is -0.454. The van der Waals surface area contributed by atoms with E-state index in [2.05, 4.69) is 16.0 Å². The molecular formula is C23H26N4O4. The molecule has 1 atom stereocenters. The second kappa shape index (κ2) is 9.07. The fourth-order valence-corrected chi connectivity index (χ4v) is 3.54. The molecule has 0 aromatic heterocycles. The van der Waals surface area contributed by atoms with Gasteiger partial charge in [-0.05, 0) is 56.2 Å². The highest BCUT2D eigenvalue weighted by Gasteiger charge is 2.36. The maximum Gasteiger partial charge on any atom is 0.319 e. The Labute approximate surface area is 180 Å². The Balaban J connectivity index is 1.35. The lowest BCUT2D eigenvalue weighted by Gasteiger charge is -2.20. The highest BCUT2D eigenvalue weighted by molar-refractivity contribution is 6.04. The second-order valence-corrected chi connectivity index (χ2v) is 7.75. The molecule has 1 saturated carbocycles. The molecule has 2 aromatic rings. The van der Waals surface area contributed by atoms with E-state index in [9.17, 15) is 14.4 Å². The van der Waals surface area contributed by atoms with E-state index in [0.717, 1.165) is 12.8 Å². The number of carbonyl (C=O) groups excluding carboxylic acids is 3. The lowest BCUT2D eigenvalue weighted by molar-refractivity contribution is -0.122. The van der Waals surface area contributed by atoms with Crippen molar-refractivity contribution in [3.8, 4) is 5.75 Å². The third-order valence-electron chi connectivity index (χ3n) is 5.27. The van der Waals surface area contributed by atoms with Crippen molar-refractivity contribution in [1.82, 2.24) is 5.32 Å². The number of ether oxygens (including phenoxy) is 1. The molecule has 1 unspecified atom stereocenters. The smallest absolute Gasteiger partial charge is 0.319 e. The van der Waals surface area contributed by atoms with Crippen molar-refractivity contribution < 1.29 is 19.1 Å². The quantitative estimate of drug-likeness (QED) is 0.637. The molecule has 8 nitrogen and oxygen atoms in total. The van der Waals surface area contributed by atoms with E-state index in [1.54, 1.807) is 29.2 Å². The van der Waals surface area contributed by atoms with Crippen molar-refractivity contribution in [3.05, 3.63) is 48.5 Å².